The summed E-state index contributed by atoms with van der Waals surface area (Å²) in [5, 5.41) is 0. The molecule has 0 rings (SSSR count). The smallest absolute Gasteiger partial charge is 0.309 e. The highest BCUT2D eigenvalue weighted by molar-refractivity contribution is 5.71. The van der Waals surface area contributed by atoms with Crippen molar-refractivity contribution in [1.29, 1.82) is 0 Å². The molecule has 4 nitrogen and oxygen atoms in total. The summed E-state index contributed by atoms with van der Waals surface area (Å²) in [6.45, 7) is 7.42. The van der Waals surface area contributed by atoms with Crippen molar-refractivity contribution in [3.05, 3.63) is 0 Å². The van der Waals surface area contributed by atoms with Crippen molar-refractivity contribution in [3.63, 3.8) is 0 Å². The minimum absolute atomic E-state index is 0.246. The normalized spacial score (nSPS) is 12.3. The predicted octanol–water partition coefficient (Wildman–Crippen LogP) is 2.66. The van der Waals surface area contributed by atoms with E-state index in [1.165, 1.54) is 0 Å². The van der Waals surface area contributed by atoms with E-state index in [0.717, 1.165) is 12.8 Å². The molecule has 0 aromatic heterocycles. The number of hydrogen-bond donors (Lipinski definition) is 0. The molecule has 0 heterocycles. The monoisotopic (exact) mass is 230 g/mol. The first-order valence-corrected chi connectivity index (χ1v) is 5.84. The van der Waals surface area contributed by atoms with E-state index >= 15 is 0 Å². The molecule has 0 bridgehead atoms. The van der Waals surface area contributed by atoms with Gasteiger partial charge < -0.3 is 9.47 Å². The Kier molecular flexibility index (Phi) is 7.60. The number of carbonyl (C=O) groups excluding carboxylic acids is 2. The van der Waals surface area contributed by atoms with Crippen molar-refractivity contribution in [1.82, 2.24) is 0 Å². The third kappa shape index (κ3) is 8.26. The van der Waals surface area contributed by atoms with E-state index in [1.807, 2.05) is 20.8 Å². The lowest BCUT2D eigenvalue weighted by atomic mass is 10.1. The quantitative estimate of drug-likeness (QED) is 0.498. The Hall–Kier alpha value is -1.06. The van der Waals surface area contributed by atoms with Gasteiger partial charge in [0.15, 0.2) is 0 Å². The maximum Gasteiger partial charge on any atom is 0.309 e. The lowest BCUT2D eigenvalue weighted by molar-refractivity contribution is -0.184. The highest BCUT2D eigenvalue weighted by atomic mass is 16.7. The van der Waals surface area contributed by atoms with Crippen molar-refractivity contribution in [2.45, 2.75) is 59.7 Å². The zero-order valence-corrected chi connectivity index (χ0v) is 10.6. The number of hydrogen-bond acceptors (Lipinski definition) is 4. The summed E-state index contributed by atoms with van der Waals surface area (Å²) in [6.07, 6.45) is 1.68. The van der Waals surface area contributed by atoms with Gasteiger partial charge in [0.05, 0.1) is 0 Å². The molecule has 0 saturated heterocycles. The fourth-order valence-corrected chi connectivity index (χ4v) is 1.16. The molecule has 0 aliphatic rings. The lowest BCUT2D eigenvalue weighted by Gasteiger charge is -2.14. The molecule has 0 N–H and O–H groups in total. The Morgan fingerprint density at radius 1 is 1.06 bits per heavy atom. The van der Waals surface area contributed by atoms with Gasteiger partial charge in [-0.3, -0.25) is 9.59 Å². The van der Waals surface area contributed by atoms with E-state index in [4.69, 9.17) is 9.47 Å². The van der Waals surface area contributed by atoms with Gasteiger partial charge in [-0.15, -0.1) is 0 Å². The predicted molar refractivity (Wildman–Crippen MR) is 60.6 cm³/mol. The van der Waals surface area contributed by atoms with Crippen LogP contribution in [0.15, 0.2) is 0 Å². The zero-order valence-electron chi connectivity index (χ0n) is 10.6. The Labute approximate surface area is 97.3 Å². The van der Waals surface area contributed by atoms with Gasteiger partial charge in [0.2, 0.25) is 6.29 Å². The highest BCUT2D eigenvalue weighted by Crippen LogP contribution is 2.06. The molecule has 0 aliphatic carbocycles. The molecule has 1 unspecified atom stereocenters. The van der Waals surface area contributed by atoms with Crippen LogP contribution < -0.4 is 0 Å². The third-order valence-electron chi connectivity index (χ3n) is 1.90. The van der Waals surface area contributed by atoms with Crippen LogP contribution in [-0.4, -0.2) is 18.2 Å². The van der Waals surface area contributed by atoms with Crippen LogP contribution in [0.5, 0.6) is 0 Å². The van der Waals surface area contributed by atoms with E-state index in [-0.39, 0.29) is 17.9 Å². The molecule has 1 atom stereocenters. The van der Waals surface area contributed by atoms with Crippen LogP contribution in [0.4, 0.5) is 0 Å². The van der Waals surface area contributed by atoms with Gasteiger partial charge in [-0.05, 0) is 12.3 Å². The average Bonchev–Trinajstić information content (AvgIpc) is 2.12. The van der Waals surface area contributed by atoms with Gasteiger partial charge in [-0.25, -0.2) is 0 Å². The molecule has 0 fully saturated rings. The summed E-state index contributed by atoms with van der Waals surface area (Å²) in [7, 11) is 0. The first kappa shape index (κ1) is 14.9. The fourth-order valence-electron chi connectivity index (χ4n) is 1.16. The Morgan fingerprint density at radius 3 is 2.12 bits per heavy atom. The Bertz CT molecular complexity index is 223. The zero-order chi connectivity index (χ0) is 12.6. The Balaban J connectivity index is 3.76. The highest BCUT2D eigenvalue weighted by Gasteiger charge is 2.14. The molecular weight excluding hydrogens is 208 g/mol. The fraction of sp³-hybridized carbons (Fsp3) is 0.833. The third-order valence-corrected chi connectivity index (χ3v) is 1.90. The first-order valence-electron chi connectivity index (χ1n) is 5.84. The topological polar surface area (TPSA) is 52.6 Å². The van der Waals surface area contributed by atoms with E-state index in [9.17, 15) is 9.59 Å². The number of ether oxygens (including phenoxy) is 2. The number of unbranched alkanes of at least 4 members (excludes halogenated alkanes) is 1. The van der Waals surface area contributed by atoms with Gasteiger partial charge in [0, 0.05) is 19.8 Å². The molecule has 16 heavy (non-hydrogen) atoms. The molecule has 4 heteroatoms. The molecule has 0 spiro atoms. The number of esters is 2. The maximum atomic E-state index is 11.2. The minimum atomic E-state index is -0.782. The van der Waals surface area contributed by atoms with Gasteiger partial charge in [0.1, 0.15) is 0 Å². The van der Waals surface area contributed by atoms with Crippen molar-refractivity contribution in [3.8, 4) is 0 Å². The SMILES string of the molecule is CCCCC(=O)OC(C)OC(=O)CC(C)C. The van der Waals surface area contributed by atoms with Crippen molar-refractivity contribution < 1.29 is 19.1 Å². The summed E-state index contributed by atoms with van der Waals surface area (Å²) in [4.78, 5) is 22.4. The van der Waals surface area contributed by atoms with Crippen LogP contribution in [-0.2, 0) is 19.1 Å². The molecule has 0 amide bonds. The molecular formula is C12H22O4. The maximum absolute atomic E-state index is 11.2. The van der Waals surface area contributed by atoms with Crippen molar-refractivity contribution in [2.24, 2.45) is 5.92 Å². The molecule has 0 saturated carbocycles. The van der Waals surface area contributed by atoms with Crippen LogP contribution in [0, 0.1) is 5.92 Å². The standard InChI is InChI=1S/C12H22O4/c1-5-6-7-11(13)15-10(4)16-12(14)8-9(2)3/h9-10H,5-8H2,1-4H3. The summed E-state index contributed by atoms with van der Waals surface area (Å²) in [5.41, 5.74) is 0. The van der Waals surface area contributed by atoms with Crippen LogP contribution in [0.1, 0.15) is 53.4 Å². The molecule has 0 aromatic carbocycles. The summed E-state index contributed by atoms with van der Waals surface area (Å²) in [6, 6.07) is 0. The van der Waals surface area contributed by atoms with Gasteiger partial charge in [-0.2, -0.15) is 0 Å². The molecule has 0 aliphatic heterocycles. The van der Waals surface area contributed by atoms with E-state index in [0.29, 0.717) is 12.8 Å². The molecule has 0 radical (unpaired) electrons. The summed E-state index contributed by atoms with van der Waals surface area (Å²) in [5.74, 6) is -0.395. The van der Waals surface area contributed by atoms with E-state index < -0.39 is 6.29 Å². The second kappa shape index (κ2) is 8.13. The van der Waals surface area contributed by atoms with Crippen molar-refractivity contribution >= 4 is 11.9 Å². The van der Waals surface area contributed by atoms with E-state index in [1.54, 1.807) is 6.92 Å². The van der Waals surface area contributed by atoms with Gasteiger partial charge in [-0.1, -0.05) is 27.2 Å². The van der Waals surface area contributed by atoms with Gasteiger partial charge >= 0.3 is 11.9 Å². The van der Waals surface area contributed by atoms with Crippen LogP contribution in [0.3, 0.4) is 0 Å². The largest absolute Gasteiger partial charge is 0.425 e. The first-order chi connectivity index (χ1) is 7.45. The van der Waals surface area contributed by atoms with E-state index in [2.05, 4.69) is 0 Å². The summed E-state index contributed by atoms with van der Waals surface area (Å²) < 4.78 is 9.85. The lowest BCUT2D eigenvalue weighted by Crippen LogP contribution is -2.22. The second-order valence-electron chi connectivity index (χ2n) is 4.25. The minimum Gasteiger partial charge on any atom is -0.425 e. The van der Waals surface area contributed by atoms with Crippen molar-refractivity contribution in [2.75, 3.05) is 0 Å². The average molecular weight is 230 g/mol. The summed E-state index contributed by atoms with van der Waals surface area (Å²) >= 11 is 0. The molecule has 94 valence electrons. The van der Waals surface area contributed by atoms with Crippen LogP contribution >= 0.6 is 0 Å². The Morgan fingerprint density at radius 2 is 1.62 bits per heavy atom. The van der Waals surface area contributed by atoms with Crippen LogP contribution in [0.25, 0.3) is 0 Å². The second-order valence-corrected chi connectivity index (χ2v) is 4.25. The number of rotatable bonds is 7. The van der Waals surface area contributed by atoms with Crippen LogP contribution in [0.2, 0.25) is 0 Å². The molecule has 0 aromatic rings. The number of carbonyl (C=O) groups is 2. The van der Waals surface area contributed by atoms with Gasteiger partial charge in [0.25, 0.3) is 0 Å².